The molecule has 16 heavy (non-hydrogen) atoms. The Hall–Kier alpha value is -1.82. The highest BCUT2D eigenvalue weighted by atomic mass is 16.2. The Balaban J connectivity index is 2.65. The third-order valence-corrected chi connectivity index (χ3v) is 2.43. The number of nitrogens with one attached hydrogen (secondary N) is 1. The number of hydrogen-bond donors (Lipinski definition) is 1. The Morgan fingerprint density at radius 2 is 2.00 bits per heavy atom. The molecule has 0 aliphatic rings. The number of nitriles is 1. The first-order chi connectivity index (χ1) is 7.56. The minimum Gasteiger partial charge on any atom is -0.343 e. The summed E-state index contributed by atoms with van der Waals surface area (Å²) in [6.45, 7) is 3.83. The van der Waals surface area contributed by atoms with Gasteiger partial charge >= 0.3 is 0 Å². The van der Waals surface area contributed by atoms with Crippen LogP contribution in [0.3, 0.4) is 0 Å². The second-order valence-corrected chi connectivity index (χ2v) is 4.39. The first-order valence-corrected chi connectivity index (χ1v) is 5.25. The summed E-state index contributed by atoms with van der Waals surface area (Å²) in [5.74, 6) is -0.0853. The van der Waals surface area contributed by atoms with Gasteiger partial charge in [0.1, 0.15) is 6.54 Å². The molecule has 0 heterocycles. The van der Waals surface area contributed by atoms with Crippen molar-refractivity contribution in [2.45, 2.75) is 20.3 Å². The summed E-state index contributed by atoms with van der Waals surface area (Å²) in [5, 5.41) is 11.0. The highest BCUT2D eigenvalue weighted by Crippen LogP contribution is 2.21. The number of rotatable bonds is 4. The van der Waals surface area contributed by atoms with Gasteiger partial charge in [0.15, 0.2) is 0 Å². The maximum absolute atomic E-state index is 11.8. The van der Waals surface area contributed by atoms with Gasteiger partial charge in [0.25, 0.3) is 0 Å². The third-order valence-electron chi connectivity index (χ3n) is 2.43. The Morgan fingerprint density at radius 1 is 1.38 bits per heavy atom. The Kier molecular flexibility index (Phi) is 4.07. The first kappa shape index (κ1) is 12.3. The molecule has 1 amide bonds. The second-order valence-electron chi connectivity index (χ2n) is 4.39. The van der Waals surface area contributed by atoms with Gasteiger partial charge in [-0.1, -0.05) is 44.2 Å². The maximum Gasteiger partial charge on any atom is 0.226 e. The molecule has 0 fully saturated rings. The summed E-state index contributed by atoms with van der Waals surface area (Å²) in [6, 6.07) is 11.8. The molecule has 0 aromatic heterocycles. The van der Waals surface area contributed by atoms with Gasteiger partial charge in [-0.25, -0.2) is 0 Å². The molecule has 0 radical (unpaired) electrons. The number of hydrogen-bond acceptors (Lipinski definition) is 2. The molecule has 0 bridgehead atoms. The van der Waals surface area contributed by atoms with Crippen LogP contribution in [0.25, 0.3) is 0 Å². The van der Waals surface area contributed by atoms with Gasteiger partial charge < -0.3 is 5.32 Å². The van der Waals surface area contributed by atoms with E-state index in [0.717, 1.165) is 5.56 Å². The van der Waals surface area contributed by atoms with E-state index >= 15 is 0 Å². The van der Waals surface area contributed by atoms with E-state index in [0.29, 0.717) is 6.42 Å². The maximum atomic E-state index is 11.8. The monoisotopic (exact) mass is 216 g/mol. The zero-order chi connectivity index (χ0) is 12.0. The fourth-order valence-electron chi connectivity index (χ4n) is 1.55. The molecule has 3 nitrogen and oxygen atoms in total. The molecule has 0 saturated heterocycles. The van der Waals surface area contributed by atoms with Gasteiger partial charge in [-0.2, -0.15) is 5.26 Å². The van der Waals surface area contributed by atoms with Crippen molar-refractivity contribution >= 4 is 5.91 Å². The van der Waals surface area contributed by atoms with Crippen molar-refractivity contribution in [2.75, 3.05) is 6.54 Å². The van der Waals surface area contributed by atoms with Crippen molar-refractivity contribution in [1.29, 1.82) is 5.26 Å². The zero-order valence-corrected chi connectivity index (χ0v) is 9.66. The van der Waals surface area contributed by atoms with Gasteiger partial charge in [-0.15, -0.1) is 0 Å². The van der Waals surface area contributed by atoms with Gasteiger partial charge in [0.2, 0.25) is 5.91 Å². The lowest BCUT2D eigenvalue weighted by molar-refractivity contribution is -0.129. The van der Waals surface area contributed by atoms with Crippen molar-refractivity contribution in [2.24, 2.45) is 5.41 Å². The van der Waals surface area contributed by atoms with E-state index in [1.165, 1.54) is 0 Å². The van der Waals surface area contributed by atoms with Crippen LogP contribution >= 0.6 is 0 Å². The number of carbonyl (C=O) groups is 1. The summed E-state index contributed by atoms with van der Waals surface area (Å²) in [6.07, 6.45) is 0.672. The van der Waals surface area contributed by atoms with E-state index in [9.17, 15) is 4.79 Å². The van der Waals surface area contributed by atoms with Crippen LogP contribution < -0.4 is 5.32 Å². The van der Waals surface area contributed by atoms with Gasteiger partial charge in [0.05, 0.1) is 6.07 Å². The number of carbonyl (C=O) groups excluding carboxylic acids is 1. The number of amides is 1. The van der Waals surface area contributed by atoms with Crippen molar-refractivity contribution < 1.29 is 4.79 Å². The minimum atomic E-state index is -0.488. The third kappa shape index (κ3) is 3.39. The molecule has 0 aliphatic carbocycles. The van der Waals surface area contributed by atoms with E-state index in [2.05, 4.69) is 5.32 Å². The quantitative estimate of drug-likeness (QED) is 0.781. The lowest BCUT2D eigenvalue weighted by Crippen LogP contribution is -2.38. The summed E-state index contributed by atoms with van der Waals surface area (Å²) >= 11 is 0. The SMILES string of the molecule is CC(C)(Cc1ccccc1)C(=O)NCC#N. The fraction of sp³-hybridized carbons (Fsp3) is 0.385. The van der Waals surface area contributed by atoms with E-state index in [1.807, 2.05) is 50.2 Å². The van der Waals surface area contributed by atoms with Crippen LogP contribution in [-0.2, 0) is 11.2 Å². The molecule has 1 aromatic rings. The van der Waals surface area contributed by atoms with Crippen LogP contribution in [0, 0.1) is 16.7 Å². The van der Waals surface area contributed by atoms with Crippen LogP contribution in [-0.4, -0.2) is 12.5 Å². The van der Waals surface area contributed by atoms with Crippen LogP contribution in [0.1, 0.15) is 19.4 Å². The highest BCUT2D eigenvalue weighted by Gasteiger charge is 2.27. The molecule has 0 aliphatic heterocycles. The van der Waals surface area contributed by atoms with Crippen LogP contribution in [0.2, 0.25) is 0 Å². The van der Waals surface area contributed by atoms with E-state index in [1.54, 1.807) is 0 Å². The normalized spacial score (nSPS) is 10.6. The van der Waals surface area contributed by atoms with E-state index < -0.39 is 5.41 Å². The Labute approximate surface area is 96.1 Å². The summed E-state index contributed by atoms with van der Waals surface area (Å²) in [4.78, 5) is 11.8. The van der Waals surface area contributed by atoms with Crippen LogP contribution in [0.15, 0.2) is 30.3 Å². The highest BCUT2D eigenvalue weighted by molar-refractivity contribution is 5.82. The molecule has 0 atom stereocenters. The predicted octanol–water partition coefficient (Wildman–Crippen LogP) is 1.90. The average Bonchev–Trinajstić information content (AvgIpc) is 2.26. The van der Waals surface area contributed by atoms with Crippen molar-refractivity contribution in [3.63, 3.8) is 0 Å². The molecule has 0 unspecified atom stereocenters. The Morgan fingerprint density at radius 3 is 2.56 bits per heavy atom. The molecule has 1 rings (SSSR count). The minimum absolute atomic E-state index is 0.0665. The van der Waals surface area contributed by atoms with Crippen molar-refractivity contribution in [1.82, 2.24) is 5.32 Å². The van der Waals surface area contributed by atoms with E-state index in [-0.39, 0.29) is 12.5 Å². The second kappa shape index (κ2) is 5.32. The molecule has 0 saturated carbocycles. The van der Waals surface area contributed by atoms with Crippen molar-refractivity contribution in [3.05, 3.63) is 35.9 Å². The number of nitrogens with zero attached hydrogens (tertiary/aromatic N) is 1. The smallest absolute Gasteiger partial charge is 0.226 e. The van der Waals surface area contributed by atoms with Crippen LogP contribution in [0.4, 0.5) is 0 Å². The predicted molar refractivity (Wildman–Crippen MR) is 62.5 cm³/mol. The largest absolute Gasteiger partial charge is 0.343 e. The van der Waals surface area contributed by atoms with Gasteiger partial charge in [-0.05, 0) is 12.0 Å². The topological polar surface area (TPSA) is 52.9 Å². The summed E-state index contributed by atoms with van der Waals surface area (Å²) < 4.78 is 0. The molecular formula is C13H16N2O. The zero-order valence-electron chi connectivity index (χ0n) is 9.66. The number of benzene rings is 1. The summed E-state index contributed by atoms with van der Waals surface area (Å²) in [5.41, 5.74) is 0.637. The van der Waals surface area contributed by atoms with Gasteiger partial charge in [0, 0.05) is 5.41 Å². The standard InChI is InChI=1S/C13H16N2O/c1-13(2,12(16)15-9-8-14)10-11-6-4-3-5-7-11/h3-7H,9-10H2,1-2H3,(H,15,16). The Bertz CT molecular complexity index is 390. The van der Waals surface area contributed by atoms with E-state index in [4.69, 9.17) is 5.26 Å². The lowest BCUT2D eigenvalue weighted by Gasteiger charge is -2.22. The summed E-state index contributed by atoms with van der Waals surface area (Å²) in [7, 11) is 0. The lowest BCUT2D eigenvalue weighted by atomic mass is 9.85. The first-order valence-electron chi connectivity index (χ1n) is 5.25. The molecule has 1 N–H and O–H groups in total. The molecule has 0 spiro atoms. The average molecular weight is 216 g/mol. The molecule has 84 valence electrons. The molecular weight excluding hydrogens is 200 g/mol. The van der Waals surface area contributed by atoms with Crippen molar-refractivity contribution in [3.8, 4) is 6.07 Å². The fourth-order valence-corrected chi connectivity index (χ4v) is 1.55. The molecule has 1 aromatic carbocycles. The van der Waals surface area contributed by atoms with Crippen LogP contribution in [0.5, 0.6) is 0 Å². The molecule has 3 heteroatoms. The van der Waals surface area contributed by atoms with Gasteiger partial charge in [-0.3, -0.25) is 4.79 Å².